The van der Waals surface area contributed by atoms with E-state index < -0.39 is 0 Å². The molecule has 2 heterocycles. The fourth-order valence-electron chi connectivity index (χ4n) is 1.57. The van der Waals surface area contributed by atoms with Gasteiger partial charge in [-0.1, -0.05) is 30.4 Å². The van der Waals surface area contributed by atoms with Gasteiger partial charge >= 0.3 is 0 Å². The molecule has 84 valence electrons. The molecule has 2 aromatic heterocycles. The number of nitrogens with zero attached hydrogens (tertiary/aromatic N) is 2. The quantitative estimate of drug-likeness (QED) is 0.605. The maximum absolute atomic E-state index is 5.18. The topological polar surface area (TPSA) is 69.4 Å². The van der Waals surface area contributed by atoms with Crippen LogP contribution in [0.4, 0.5) is 11.6 Å². The van der Waals surface area contributed by atoms with E-state index in [-0.39, 0.29) is 0 Å². The van der Waals surface area contributed by atoms with E-state index in [4.69, 9.17) is 12.2 Å². The zero-order chi connectivity index (χ0) is 11.7. The van der Waals surface area contributed by atoms with E-state index in [1.54, 1.807) is 6.20 Å². The average molecular weight is 243 g/mol. The molecule has 3 rings (SSSR count). The number of anilines is 2. The van der Waals surface area contributed by atoms with E-state index in [2.05, 4.69) is 25.5 Å². The Morgan fingerprint density at radius 3 is 2.82 bits per heavy atom. The first kappa shape index (κ1) is 9.98. The number of aromatic nitrogens is 4. The predicted molar refractivity (Wildman–Crippen MR) is 68.8 cm³/mol. The number of fused-ring (bicyclic) bond motifs is 1. The molecule has 0 aliphatic heterocycles. The van der Waals surface area contributed by atoms with E-state index in [1.165, 1.54) is 0 Å². The monoisotopic (exact) mass is 243 g/mol. The second-order valence-corrected chi connectivity index (χ2v) is 3.93. The molecule has 0 unspecified atom stereocenters. The summed E-state index contributed by atoms with van der Waals surface area (Å²) in [6, 6.07) is 9.77. The van der Waals surface area contributed by atoms with Crippen LogP contribution in [-0.2, 0) is 0 Å². The molecule has 0 aliphatic carbocycles. The van der Waals surface area contributed by atoms with Gasteiger partial charge in [-0.2, -0.15) is 5.10 Å². The number of hydrogen-bond donors (Lipinski definition) is 3. The summed E-state index contributed by atoms with van der Waals surface area (Å²) in [4.78, 5) is 7.35. The summed E-state index contributed by atoms with van der Waals surface area (Å²) in [5.74, 6) is 0.595. The minimum Gasteiger partial charge on any atom is -0.326 e. The highest BCUT2D eigenvalue weighted by atomic mass is 32.1. The molecular weight excluding hydrogens is 234 g/mol. The van der Waals surface area contributed by atoms with Crippen LogP contribution in [0.1, 0.15) is 0 Å². The lowest BCUT2D eigenvalue weighted by molar-refractivity contribution is 1.09. The van der Waals surface area contributed by atoms with Gasteiger partial charge in [0.2, 0.25) is 5.95 Å². The minimum atomic E-state index is 0.519. The summed E-state index contributed by atoms with van der Waals surface area (Å²) in [7, 11) is 0. The van der Waals surface area contributed by atoms with E-state index >= 15 is 0 Å². The van der Waals surface area contributed by atoms with E-state index in [0.29, 0.717) is 10.6 Å². The Labute approximate surface area is 102 Å². The van der Waals surface area contributed by atoms with Gasteiger partial charge in [0, 0.05) is 5.69 Å². The molecule has 0 bridgehead atoms. The van der Waals surface area contributed by atoms with Crippen LogP contribution in [0.5, 0.6) is 0 Å². The third-order valence-electron chi connectivity index (χ3n) is 2.36. The molecule has 3 N–H and O–H groups in total. The highest BCUT2D eigenvalue weighted by molar-refractivity contribution is 7.71. The number of rotatable bonds is 2. The summed E-state index contributed by atoms with van der Waals surface area (Å²) >= 11 is 5.18. The van der Waals surface area contributed by atoms with Crippen LogP contribution in [0.25, 0.3) is 11.0 Å². The second kappa shape index (κ2) is 3.99. The first-order valence-corrected chi connectivity index (χ1v) is 5.49. The van der Waals surface area contributed by atoms with Crippen molar-refractivity contribution in [1.29, 1.82) is 0 Å². The van der Waals surface area contributed by atoms with Gasteiger partial charge in [0.25, 0.3) is 0 Å². The van der Waals surface area contributed by atoms with Crippen LogP contribution in [0.15, 0.2) is 36.5 Å². The normalized spacial score (nSPS) is 10.6. The van der Waals surface area contributed by atoms with Gasteiger partial charge in [-0.15, -0.1) is 0 Å². The standard InChI is InChI=1S/C11H9N5S/c17-10-8-6-12-16-9(8)14-11(15-10)13-7-4-2-1-3-5-7/h1-6H,(H3,12,13,14,15,16,17). The zero-order valence-electron chi connectivity index (χ0n) is 8.77. The molecule has 0 radical (unpaired) electrons. The van der Waals surface area contributed by atoms with Crippen LogP contribution in [0.3, 0.4) is 0 Å². The summed E-state index contributed by atoms with van der Waals surface area (Å²) in [5, 5.41) is 10.7. The Hall–Kier alpha value is -2.21. The highest BCUT2D eigenvalue weighted by Gasteiger charge is 2.02. The number of benzene rings is 1. The molecule has 6 heteroatoms. The average Bonchev–Trinajstić information content (AvgIpc) is 2.79. The molecule has 5 nitrogen and oxygen atoms in total. The van der Waals surface area contributed by atoms with Crippen molar-refractivity contribution in [1.82, 2.24) is 20.2 Å². The van der Waals surface area contributed by atoms with Crippen molar-refractivity contribution in [2.45, 2.75) is 0 Å². The van der Waals surface area contributed by atoms with Crippen LogP contribution in [0.2, 0.25) is 0 Å². The molecule has 0 fully saturated rings. The van der Waals surface area contributed by atoms with E-state index in [1.807, 2.05) is 30.3 Å². The molecule has 0 atom stereocenters. The van der Waals surface area contributed by atoms with Crippen molar-refractivity contribution in [2.75, 3.05) is 5.32 Å². The Bertz CT molecular complexity index is 700. The van der Waals surface area contributed by atoms with Crippen LogP contribution >= 0.6 is 12.2 Å². The molecule has 17 heavy (non-hydrogen) atoms. The summed E-state index contributed by atoms with van der Waals surface area (Å²) in [5.41, 5.74) is 1.72. The molecule has 0 amide bonds. The first-order valence-electron chi connectivity index (χ1n) is 5.08. The smallest absolute Gasteiger partial charge is 0.207 e. The summed E-state index contributed by atoms with van der Waals surface area (Å²) in [6.07, 6.45) is 1.66. The first-order chi connectivity index (χ1) is 8.33. The molecular formula is C11H9N5S. The Kier molecular flexibility index (Phi) is 2.34. The Morgan fingerprint density at radius 1 is 1.18 bits per heavy atom. The minimum absolute atomic E-state index is 0.519. The Balaban J connectivity index is 2.04. The Morgan fingerprint density at radius 2 is 2.00 bits per heavy atom. The third kappa shape index (κ3) is 1.90. The third-order valence-corrected chi connectivity index (χ3v) is 2.67. The number of aromatic amines is 2. The molecule has 3 aromatic rings. The molecule has 0 spiro atoms. The molecule has 0 saturated carbocycles. The van der Waals surface area contributed by atoms with Gasteiger partial charge < -0.3 is 10.3 Å². The van der Waals surface area contributed by atoms with Crippen LogP contribution in [0, 0.1) is 4.64 Å². The molecule has 1 aromatic carbocycles. The lowest BCUT2D eigenvalue weighted by atomic mass is 10.3. The van der Waals surface area contributed by atoms with Gasteiger partial charge in [0.15, 0.2) is 0 Å². The SMILES string of the molecule is S=c1nc(Nc2ccccc2)[nH]c2[nH]ncc12. The maximum Gasteiger partial charge on any atom is 0.207 e. The van der Waals surface area contributed by atoms with Crippen LogP contribution in [-0.4, -0.2) is 20.2 Å². The molecule has 0 saturated heterocycles. The lowest BCUT2D eigenvalue weighted by Crippen LogP contribution is -1.97. The number of H-pyrrole nitrogens is 2. The van der Waals surface area contributed by atoms with Gasteiger partial charge in [0.05, 0.1) is 11.6 Å². The van der Waals surface area contributed by atoms with Gasteiger partial charge in [0.1, 0.15) is 10.3 Å². The number of nitrogens with one attached hydrogen (secondary N) is 3. The highest BCUT2D eigenvalue weighted by Crippen LogP contribution is 2.15. The van der Waals surface area contributed by atoms with Gasteiger partial charge in [-0.05, 0) is 12.1 Å². The van der Waals surface area contributed by atoms with Gasteiger partial charge in [-0.25, -0.2) is 4.98 Å². The van der Waals surface area contributed by atoms with Crippen molar-refractivity contribution >= 4 is 34.9 Å². The van der Waals surface area contributed by atoms with Crippen molar-refractivity contribution in [3.05, 3.63) is 41.2 Å². The van der Waals surface area contributed by atoms with Crippen molar-refractivity contribution in [3.8, 4) is 0 Å². The zero-order valence-corrected chi connectivity index (χ0v) is 9.58. The second-order valence-electron chi connectivity index (χ2n) is 3.54. The van der Waals surface area contributed by atoms with Crippen molar-refractivity contribution in [3.63, 3.8) is 0 Å². The van der Waals surface area contributed by atoms with Gasteiger partial charge in [-0.3, -0.25) is 5.10 Å². The van der Waals surface area contributed by atoms with Crippen molar-refractivity contribution < 1.29 is 0 Å². The number of para-hydroxylation sites is 1. The fraction of sp³-hybridized carbons (Fsp3) is 0. The van der Waals surface area contributed by atoms with Crippen LogP contribution < -0.4 is 5.32 Å². The summed E-state index contributed by atoms with van der Waals surface area (Å²) < 4.78 is 0.519. The van der Waals surface area contributed by atoms with E-state index in [0.717, 1.165) is 16.7 Å². The van der Waals surface area contributed by atoms with E-state index in [9.17, 15) is 0 Å². The largest absolute Gasteiger partial charge is 0.326 e. The lowest BCUT2D eigenvalue weighted by Gasteiger charge is -2.04. The molecule has 0 aliphatic rings. The van der Waals surface area contributed by atoms with Crippen molar-refractivity contribution in [2.24, 2.45) is 0 Å². The fourth-order valence-corrected chi connectivity index (χ4v) is 1.82. The number of hydrogen-bond acceptors (Lipinski definition) is 4. The maximum atomic E-state index is 5.18. The predicted octanol–water partition coefficient (Wildman–Crippen LogP) is 2.76. The summed E-state index contributed by atoms with van der Waals surface area (Å²) in [6.45, 7) is 0.